The minimum absolute atomic E-state index is 0.132. The van der Waals surface area contributed by atoms with Gasteiger partial charge in [-0.15, -0.1) is 0 Å². The number of aliphatic hydroxyl groups excluding tert-OH is 1. The Labute approximate surface area is 207 Å². The van der Waals surface area contributed by atoms with Gasteiger partial charge in [0.2, 0.25) is 0 Å². The second kappa shape index (κ2) is 9.76. The molecule has 4 rings (SSSR count). The van der Waals surface area contributed by atoms with Crippen molar-refractivity contribution < 1.29 is 33.3 Å². The summed E-state index contributed by atoms with van der Waals surface area (Å²) in [7, 11) is 2.85. The monoisotopic (exact) mass is 497 g/mol. The van der Waals surface area contributed by atoms with Crippen molar-refractivity contribution >= 4 is 34.7 Å². The van der Waals surface area contributed by atoms with Crippen molar-refractivity contribution in [2.75, 3.05) is 25.7 Å². The van der Waals surface area contributed by atoms with Crippen LogP contribution in [0.25, 0.3) is 5.76 Å². The molecule has 1 atom stereocenters. The lowest BCUT2D eigenvalue weighted by Crippen LogP contribution is -2.29. The number of halogens is 1. The molecule has 1 aliphatic rings. The van der Waals surface area contributed by atoms with Gasteiger partial charge in [0, 0.05) is 17.8 Å². The van der Waals surface area contributed by atoms with Crippen LogP contribution in [0.5, 0.6) is 17.2 Å². The van der Waals surface area contributed by atoms with E-state index in [2.05, 4.69) is 0 Å². The van der Waals surface area contributed by atoms with Gasteiger partial charge in [-0.25, -0.2) is 0 Å². The van der Waals surface area contributed by atoms with Gasteiger partial charge in [-0.1, -0.05) is 17.7 Å². The lowest BCUT2D eigenvalue weighted by molar-refractivity contribution is -0.132. The van der Waals surface area contributed by atoms with Crippen LogP contribution in [0.2, 0.25) is 5.02 Å². The Balaban J connectivity index is 1.95. The van der Waals surface area contributed by atoms with Gasteiger partial charge in [-0.3, -0.25) is 14.5 Å². The number of ketones is 1. The van der Waals surface area contributed by atoms with E-state index in [9.17, 15) is 14.7 Å². The first-order chi connectivity index (χ1) is 16.8. The number of Topliss-reactive ketones (excluding diaryl/α,β-unsaturated/α-hetero) is 1. The van der Waals surface area contributed by atoms with Crippen LogP contribution in [0.1, 0.15) is 30.0 Å². The highest BCUT2D eigenvalue weighted by Gasteiger charge is 2.48. The summed E-state index contributed by atoms with van der Waals surface area (Å²) in [5.41, 5.74) is 0.384. The lowest BCUT2D eigenvalue weighted by Gasteiger charge is -2.24. The molecule has 0 radical (unpaired) electrons. The van der Waals surface area contributed by atoms with Gasteiger partial charge in [0.15, 0.2) is 0 Å². The van der Waals surface area contributed by atoms with Crippen molar-refractivity contribution in [2.45, 2.75) is 19.9 Å². The third kappa shape index (κ3) is 4.33. The number of hydrogen-bond acceptors (Lipinski definition) is 7. The quantitative estimate of drug-likeness (QED) is 0.269. The van der Waals surface area contributed by atoms with Gasteiger partial charge in [-0.05, 0) is 44.2 Å². The largest absolute Gasteiger partial charge is 0.507 e. The third-order valence-corrected chi connectivity index (χ3v) is 5.91. The molecule has 1 aliphatic heterocycles. The second-order valence-corrected chi connectivity index (χ2v) is 8.14. The molecule has 8 nitrogen and oxygen atoms in total. The Morgan fingerprint density at radius 2 is 1.83 bits per heavy atom. The van der Waals surface area contributed by atoms with Gasteiger partial charge in [-0.2, -0.15) is 0 Å². The Bertz CT molecular complexity index is 1330. The number of aliphatic hydroxyl groups is 1. The molecule has 1 unspecified atom stereocenters. The number of amides is 1. The summed E-state index contributed by atoms with van der Waals surface area (Å²) in [6.45, 7) is 4.02. The first-order valence-corrected chi connectivity index (χ1v) is 11.2. The zero-order chi connectivity index (χ0) is 25.3. The number of carbonyl (C=O) groups is 2. The molecule has 0 spiro atoms. The maximum atomic E-state index is 13.3. The average molecular weight is 498 g/mol. The van der Waals surface area contributed by atoms with Crippen LogP contribution in [-0.4, -0.2) is 37.6 Å². The molecule has 1 N–H and O–H groups in total. The highest BCUT2D eigenvalue weighted by molar-refractivity contribution is 6.51. The van der Waals surface area contributed by atoms with Gasteiger partial charge in [0.1, 0.15) is 40.6 Å². The van der Waals surface area contributed by atoms with E-state index in [0.29, 0.717) is 35.3 Å². The average Bonchev–Trinajstić information content (AvgIpc) is 3.39. The maximum absolute atomic E-state index is 13.3. The Morgan fingerprint density at radius 3 is 2.46 bits per heavy atom. The Morgan fingerprint density at radius 1 is 1.09 bits per heavy atom. The number of hydrogen-bond donors (Lipinski definition) is 1. The molecule has 1 amide bonds. The van der Waals surface area contributed by atoms with E-state index in [1.165, 1.54) is 31.3 Å². The molecule has 35 heavy (non-hydrogen) atoms. The minimum atomic E-state index is -1.04. The number of benzene rings is 2. The fourth-order valence-electron chi connectivity index (χ4n) is 4.05. The van der Waals surface area contributed by atoms with Gasteiger partial charge >= 0.3 is 0 Å². The first kappa shape index (κ1) is 24.2. The molecule has 1 saturated heterocycles. The normalized spacial score (nSPS) is 17.1. The Hall–Kier alpha value is -3.91. The number of aryl methyl sites for hydroxylation is 1. The number of methoxy groups -OCH3 is 2. The summed E-state index contributed by atoms with van der Waals surface area (Å²) in [6, 6.07) is 12.1. The van der Waals surface area contributed by atoms with Crippen molar-refractivity contribution in [3.05, 3.63) is 76.2 Å². The molecular formula is C26H24ClNO7. The van der Waals surface area contributed by atoms with Crippen LogP contribution in [0.3, 0.4) is 0 Å². The molecule has 0 saturated carbocycles. The van der Waals surface area contributed by atoms with Gasteiger partial charge in [0.05, 0.1) is 37.0 Å². The Kier molecular flexibility index (Phi) is 6.75. The van der Waals surface area contributed by atoms with Crippen LogP contribution in [-0.2, 0) is 9.59 Å². The van der Waals surface area contributed by atoms with E-state index in [1.54, 1.807) is 43.3 Å². The fourth-order valence-corrected chi connectivity index (χ4v) is 4.29. The van der Waals surface area contributed by atoms with E-state index < -0.39 is 23.5 Å². The van der Waals surface area contributed by atoms with Crippen molar-refractivity contribution in [3.63, 3.8) is 0 Å². The summed E-state index contributed by atoms with van der Waals surface area (Å²) < 4.78 is 22.0. The molecule has 2 aromatic carbocycles. The molecule has 0 bridgehead atoms. The molecule has 0 aliphatic carbocycles. The molecular weight excluding hydrogens is 474 g/mol. The standard InChI is InChI=1S/C26H24ClNO7/c1-5-34-16-8-6-7-15(11-16)28-23(19-10-9-14(2)35-19)22(25(30)26(28)31)24(29)17-12-18(27)21(33-4)13-20(17)32-3/h6-13,23,29H,5H2,1-4H3/b24-22+. The van der Waals surface area contributed by atoms with Crippen molar-refractivity contribution in [2.24, 2.45) is 0 Å². The van der Waals surface area contributed by atoms with Crippen LogP contribution < -0.4 is 19.1 Å². The van der Waals surface area contributed by atoms with E-state index >= 15 is 0 Å². The highest BCUT2D eigenvalue weighted by Crippen LogP contribution is 2.45. The van der Waals surface area contributed by atoms with E-state index in [0.717, 1.165) is 0 Å². The number of rotatable bonds is 7. The summed E-state index contributed by atoms with van der Waals surface area (Å²) in [6.07, 6.45) is 0. The van der Waals surface area contributed by atoms with E-state index in [-0.39, 0.29) is 21.9 Å². The number of ether oxygens (including phenoxy) is 3. The van der Waals surface area contributed by atoms with Crippen molar-refractivity contribution in [1.29, 1.82) is 0 Å². The number of anilines is 1. The molecule has 1 fully saturated rings. The van der Waals surface area contributed by atoms with Crippen LogP contribution in [0, 0.1) is 6.92 Å². The predicted octanol–water partition coefficient (Wildman–Crippen LogP) is 5.28. The smallest absolute Gasteiger partial charge is 0.300 e. The predicted molar refractivity (Wildman–Crippen MR) is 130 cm³/mol. The third-order valence-electron chi connectivity index (χ3n) is 5.61. The number of nitrogens with zero attached hydrogens (tertiary/aromatic N) is 1. The van der Waals surface area contributed by atoms with E-state index in [1.807, 2.05) is 6.92 Å². The maximum Gasteiger partial charge on any atom is 0.300 e. The number of furan rings is 1. The molecule has 3 aromatic rings. The summed E-state index contributed by atoms with van der Waals surface area (Å²) in [5.74, 6) is -0.191. The van der Waals surface area contributed by atoms with Crippen molar-refractivity contribution in [1.82, 2.24) is 0 Å². The SMILES string of the molecule is CCOc1cccc(N2C(=O)C(=O)/C(=C(/O)c3cc(Cl)c(OC)cc3OC)C2c2ccc(C)o2)c1. The molecule has 182 valence electrons. The lowest BCUT2D eigenvalue weighted by atomic mass is 9.98. The zero-order valence-electron chi connectivity index (χ0n) is 19.6. The van der Waals surface area contributed by atoms with Gasteiger partial charge < -0.3 is 23.7 Å². The van der Waals surface area contributed by atoms with E-state index in [4.69, 9.17) is 30.2 Å². The first-order valence-electron chi connectivity index (χ1n) is 10.8. The molecule has 1 aromatic heterocycles. The van der Waals surface area contributed by atoms with Crippen LogP contribution in [0.15, 0.2) is 58.5 Å². The number of carbonyl (C=O) groups excluding carboxylic acids is 2. The summed E-state index contributed by atoms with van der Waals surface area (Å²) in [5, 5.41) is 11.6. The van der Waals surface area contributed by atoms with Gasteiger partial charge in [0.25, 0.3) is 11.7 Å². The second-order valence-electron chi connectivity index (χ2n) is 7.73. The zero-order valence-corrected chi connectivity index (χ0v) is 20.4. The molecule has 9 heteroatoms. The minimum Gasteiger partial charge on any atom is -0.507 e. The van der Waals surface area contributed by atoms with Crippen LogP contribution >= 0.6 is 11.6 Å². The summed E-state index contributed by atoms with van der Waals surface area (Å²) in [4.78, 5) is 27.9. The topological polar surface area (TPSA) is 98.4 Å². The highest BCUT2D eigenvalue weighted by atomic mass is 35.5. The summed E-state index contributed by atoms with van der Waals surface area (Å²) >= 11 is 6.29. The molecule has 2 heterocycles. The van der Waals surface area contributed by atoms with Crippen molar-refractivity contribution in [3.8, 4) is 17.2 Å². The van der Waals surface area contributed by atoms with Crippen LogP contribution in [0.4, 0.5) is 5.69 Å². The fraction of sp³-hybridized carbons (Fsp3) is 0.231.